The van der Waals surface area contributed by atoms with Crippen LogP contribution in [0.2, 0.25) is 0 Å². The van der Waals surface area contributed by atoms with Crippen LogP contribution in [0.5, 0.6) is 0 Å². The highest BCUT2D eigenvalue weighted by molar-refractivity contribution is 6.43. The van der Waals surface area contributed by atoms with Crippen molar-refractivity contribution in [3.63, 3.8) is 0 Å². The SMILES string of the molecule is Cc1ccc(N=C(C(=O)O)c2ccccc2)cc1. The van der Waals surface area contributed by atoms with E-state index in [0.29, 0.717) is 11.3 Å². The van der Waals surface area contributed by atoms with Gasteiger partial charge >= 0.3 is 5.97 Å². The summed E-state index contributed by atoms with van der Waals surface area (Å²) < 4.78 is 0. The molecule has 2 aromatic carbocycles. The first-order valence-electron chi connectivity index (χ1n) is 5.61. The maximum absolute atomic E-state index is 11.2. The zero-order chi connectivity index (χ0) is 13.0. The van der Waals surface area contributed by atoms with E-state index in [9.17, 15) is 9.90 Å². The van der Waals surface area contributed by atoms with E-state index in [0.717, 1.165) is 5.56 Å². The first-order valence-corrected chi connectivity index (χ1v) is 5.61. The molecule has 0 saturated heterocycles. The molecule has 0 radical (unpaired) electrons. The Bertz CT molecular complexity index is 571. The van der Waals surface area contributed by atoms with Crippen LogP contribution in [0.1, 0.15) is 11.1 Å². The van der Waals surface area contributed by atoms with E-state index in [1.54, 1.807) is 36.4 Å². The van der Waals surface area contributed by atoms with Gasteiger partial charge < -0.3 is 5.11 Å². The molecular weight excluding hydrogens is 226 g/mol. The van der Waals surface area contributed by atoms with Crippen LogP contribution in [0.4, 0.5) is 5.69 Å². The average Bonchev–Trinajstić information content (AvgIpc) is 2.38. The smallest absolute Gasteiger partial charge is 0.355 e. The predicted molar refractivity (Wildman–Crippen MR) is 71.5 cm³/mol. The van der Waals surface area contributed by atoms with E-state index in [-0.39, 0.29) is 5.71 Å². The number of aliphatic imine (C=N–C) groups is 1. The van der Waals surface area contributed by atoms with E-state index >= 15 is 0 Å². The molecule has 2 aromatic rings. The van der Waals surface area contributed by atoms with Gasteiger partial charge in [-0.05, 0) is 19.1 Å². The number of carboxylic acids is 1. The van der Waals surface area contributed by atoms with Gasteiger partial charge in [-0.25, -0.2) is 9.79 Å². The summed E-state index contributed by atoms with van der Waals surface area (Å²) in [6, 6.07) is 16.3. The number of aliphatic carboxylic acids is 1. The Morgan fingerprint density at radius 2 is 1.61 bits per heavy atom. The van der Waals surface area contributed by atoms with Crippen LogP contribution in [0.25, 0.3) is 0 Å². The third-order valence-corrected chi connectivity index (χ3v) is 2.52. The summed E-state index contributed by atoms with van der Waals surface area (Å²) in [5, 5.41) is 9.21. The average molecular weight is 239 g/mol. The molecule has 0 aromatic heterocycles. The molecule has 0 heterocycles. The lowest BCUT2D eigenvalue weighted by molar-refractivity contribution is -0.129. The highest BCUT2D eigenvalue weighted by atomic mass is 16.4. The Morgan fingerprint density at radius 3 is 2.17 bits per heavy atom. The van der Waals surface area contributed by atoms with Crippen molar-refractivity contribution in [3.05, 3.63) is 65.7 Å². The highest BCUT2D eigenvalue weighted by Crippen LogP contribution is 2.15. The molecule has 0 unspecified atom stereocenters. The van der Waals surface area contributed by atoms with Gasteiger partial charge in [-0.3, -0.25) is 0 Å². The predicted octanol–water partition coefficient (Wildman–Crippen LogP) is 3.20. The van der Waals surface area contributed by atoms with Crippen molar-refractivity contribution < 1.29 is 9.90 Å². The van der Waals surface area contributed by atoms with Gasteiger partial charge in [0.1, 0.15) is 0 Å². The fraction of sp³-hybridized carbons (Fsp3) is 0.0667. The van der Waals surface area contributed by atoms with E-state index < -0.39 is 5.97 Å². The molecule has 0 spiro atoms. The van der Waals surface area contributed by atoms with Gasteiger partial charge in [0.25, 0.3) is 0 Å². The molecule has 0 aliphatic rings. The van der Waals surface area contributed by atoms with Crippen LogP contribution in [0.3, 0.4) is 0 Å². The Kier molecular flexibility index (Phi) is 3.53. The molecule has 0 fully saturated rings. The second kappa shape index (κ2) is 5.27. The summed E-state index contributed by atoms with van der Waals surface area (Å²) in [4.78, 5) is 15.4. The summed E-state index contributed by atoms with van der Waals surface area (Å²) in [6.07, 6.45) is 0. The topological polar surface area (TPSA) is 49.7 Å². The van der Waals surface area contributed by atoms with Gasteiger partial charge in [-0.2, -0.15) is 0 Å². The normalized spacial score (nSPS) is 11.3. The molecule has 0 saturated carbocycles. The highest BCUT2D eigenvalue weighted by Gasteiger charge is 2.11. The monoisotopic (exact) mass is 239 g/mol. The Morgan fingerprint density at radius 1 is 1.00 bits per heavy atom. The van der Waals surface area contributed by atoms with Crippen molar-refractivity contribution in [2.24, 2.45) is 4.99 Å². The maximum atomic E-state index is 11.2. The van der Waals surface area contributed by atoms with E-state index in [2.05, 4.69) is 4.99 Å². The first kappa shape index (κ1) is 12.0. The van der Waals surface area contributed by atoms with Gasteiger partial charge in [0.2, 0.25) is 0 Å². The fourth-order valence-electron chi connectivity index (χ4n) is 1.58. The fourth-order valence-corrected chi connectivity index (χ4v) is 1.58. The van der Waals surface area contributed by atoms with Crippen LogP contribution >= 0.6 is 0 Å². The number of rotatable bonds is 3. The molecule has 2 rings (SSSR count). The number of carbonyl (C=O) groups is 1. The number of hydrogen-bond acceptors (Lipinski definition) is 2. The minimum Gasteiger partial charge on any atom is -0.476 e. The molecule has 18 heavy (non-hydrogen) atoms. The molecule has 1 N–H and O–H groups in total. The van der Waals surface area contributed by atoms with Crippen molar-refractivity contribution in [1.29, 1.82) is 0 Å². The number of carboxylic acid groups (broad SMARTS) is 1. The van der Waals surface area contributed by atoms with Crippen molar-refractivity contribution >= 4 is 17.4 Å². The molecule has 0 amide bonds. The summed E-state index contributed by atoms with van der Waals surface area (Å²) >= 11 is 0. The minimum atomic E-state index is -1.03. The second-order valence-corrected chi connectivity index (χ2v) is 3.97. The zero-order valence-electron chi connectivity index (χ0n) is 10.00. The molecule has 0 aliphatic heterocycles. The lowest BCUT2D eigenvalue weighted by Crippen LogP contribution is -2.13. The quantitative estimate of drug-likeness (QED) is 0.836. The molecule has 0 bridgehead atoms. The van der Waals surface area contributed by atoms with E-state index in [4.69, 9.17) is 0 Å². The van der Waals surface area contributed by atoms with Crippen molar-refractivity contribution in [3.8, 4) is 0 Å². The molecule has 0 aliphatic carbocycles. The molecule has 0 atom stereocenters. The molecule has 90 valence electrons. The summed E-state index contributed by atoms with van der Waals surface area (Å²) in [6.45, 7) is 1.97. The van der Waals surface area contributed by atoms with Crippen LogP contribution in [0, 0.1) is 6.92 Å². The lowest BCUT2D eigenvalue weighted by Gasteiger charge is -2.02. The van der Waals surface area contributed by atoms with Gasteiger partial charge in [0.15, 0.2) is 5.71 Å². The van der Waals surface area contributed by atoms with Crippen LogP contribution in [-0.2, 0) is 4.79 Å². The van der Waals surface area contributed by atoms with Gasteiger partial charge in [-0.15, -0.1) is 0 Å². The third kappa shape index (κ3) is 2.83. The number of nitrogens with zero attached hydrogens (tertiary/aromatic N) is 1. The van der Waals surface area contributed by atoms with Crippen molar-refractivity contribution in [2.75, 3.05) is 0 Å². The number of aryl methyl sites for hydroxylation is 1. The summed E-state index contributed by atoms with van der Waals surface area (Å²) in [5.41, 5.74) is 2.41. The largest absolute Gasteiger partial charge is 0.476 e. The first-order chi connectivity index (χ1) is 8.66. The molecular formula is C15H13NO2. The van der Waals surface area contributed by atoms with Crippen LogP contribution in [0.15, 0.2) is 59.6 Å². The van der Waals surface area contributed by atoms with E-state index in [1.807, 2.05) is 25.1 Å². The lowest BCUT2D eigenvalue weighted by atomic mass is 10.1. The number of hydrogen-bond donors (Lipinski definition) is 1. The molecule has 3 heteroatoms. The van der Waals surface area contributed by atoms with Gasteiger partial charge in [0, 0.05) is 5.56 Å². The van der Waals surface area contributed by atoms with Crippen molar-refractivity contribution in [2.45, 2.75) is 6.92 Å². The second-order valence-electron chi connectivity index (χ2n) is 3.97. The Balaban J connectivity index is 2.43. The number of benzene rings is 2. The Hall–Kier alpha value is -2.42. The third-order valence-electron chi connectivity index (χ3n) is 2.52. The van der Waals surface area contributed by atoms with Gasteiger partial charge in [-0.1, -0.05) is 48.0 Å². The maximum Gasteiger partial charge on any atom is 0.355 e. The standard InChI is InChI=1S/C15H13NO2/c1-11-7-9-13(10-8-11)16-14(15(17)18)12-5-3-2-4-6-12/h2-10H,1H3,(H,17,18). The minimum absolute atomic E-state index is 0.0550. The van der Waals surface area contributed by atoms with Crippen molar-refractivity contribution in [1.82, 2.24) is 0 Å². The van der Waals surface area contributed by atoms with Gasteiger partial charge in [0.05, 0.1) is 5.69 Å². The van der Waals surface area contributed by atoms with Crippen LogP contribution < -0.4 is 0 Å². The Labute approximate surface area is 105 Å². The summed E-state index contributed by atoms with van der Waals surface area (Å²) in [5.74, 6) is -1.03. The van der Waals surface area contributed by atoms with E-state index in [1.165, 1.54) is 0 Å². The molecule has 3 nitrogen and oxygen atoms in total. The zero-order valence-corrected chi connectivity index (χ0v) is 10.00. The summed E-state index contributed by atoms with van der Waals surface area (Å²) in [7, 11) is 0. The van der Waals surface area contributed by atoms with Crippen LogP contribution in [-0.4, -0.2) is 16.8 Å².